The lowest BCUT2D eigenvalue weighted by Crippen LogP contribution is -2.56. The molecule has 0 aromatic heterocycles. The summed E-state index contributed by atoms with van der Waals surface area (Å²) < 4.78 is 52.4. The van der Waals surface area contributed by atoms with Gasteiger partial charge in [-0.25, -0.2) is 9.13 Å². The van der Waals surface area contributed by atoms with Crippen LogP contribution in [0.2, 0.25) is 0 Å². The Balaban J connectivity index is 2.22. The highest BCUT2D eigenvalue weighted by atomic mass is 31.2. The van der Waals surface area contributed by atoms with E-state index in [1.54, 1.807) is 6.08 Å². The summed E-state index contributed by atoms with van der Waals surface area (Å²) in [5, 5.41) is 79.9. The maximum atomic E-state index is 13.8. The van der Waals surface area contributed by atoms with E-state index in [1.807, 2.05) is 6.92 Å². The van der Waals surface area contributed by atoms with E-state index >= 15 is 0 Å². The summed E-state index contributed by atoms with van der Waals surface area (Å²) in [7, 11) is -11.5. The summed E-state index contributed by atoms with van der Waals surface area (Å²) in [6.07, 6.45) is 11.2. The molecule has 0 amide bonds. The monoisotopic (exact) mass is 1070 g/mol. The number of carbonyl (C=O) groups is 2. The Hall–Kier alpha value is -2.16. The van der Waals surface area contributed by atoms with Crippen LogP contribution in [0.4, 0.5) is 0 Å². The zero-order valence-corrected chi connectivity index (χ0v) is 44.5. The predicted molar refractivity (Wildman–Crippen MR) is 271 cm³/mol. The summed E-state index contributed by atoms with van der Waals surface area (Å²) in [5.41, 5.74) is 0. The van der Waals surface area contributed by atoms with Gasteiger partial charge in [0.15, 0.2) is 6.10 Å². The molecular weight excluding hydrogens is 978 g/mol. The fraction of sp³-hybridized carbons (Fsp3) is 0.804. The van der Waals surface area contributed by atoms with Crippen molar-refractivity contribution >= 4 is 27.6 Å². The molecule has 2 bridgehead atoms. The highest BCUT2D eigenvalue weighted by Gasteiger charge is 2.51. The number of phosphoric ester groups is 2. The number of aliphatic hydroxyl groups is 7. The van der Waals surface area contributed by atoms with Gasteiger partial charge in [-0.05, 0) is 64.2 Å². The lowest BCUT2D eigenvalue weighted by molar-refractivity contribution is -0.165. The largest absolute Gasteiger partial charge is 0.472 e. The molecule has 1 heterocycles. The first-order valence-electron chi connectivity index (χ1n) is 26.4. The Labute approximate surface area is 427 Å². The number of ether oxygens (including phenoxy) is 2. The number of rotatable bonds is 27. The minimum absolute atomic E-state index is 0.0348. The van der Waals surface area contributed by atoms with Gasteiger partial charge in [0.25, 0.3) is 0 Å². The summed E-state index contributed by atoms with van der Waals surface area (Å²) in [6.45, 7) is 2.56. The van der Waals surface area contributed by atoms with Crippen molar-refractivity contribution in [2.45, 2.75) is 235 Å². The van der Waals surface area contributed by atoms with Gasteiger partial charge in [-0.2, -0.15) is 0 Å². The van der Waals surface area contributed by atoms with Crippen LogP contribution in [-0.2, 0) is 41.8 Å². The Kier molecular flexibility index (Phi) is 34.4. The number of hydrogen-bond acceptors (Lipinski definition) is 16. The van der Waals surface area contributed by atoms with Crippen molar-refractivity contribution in [3.8, 4) is 0 Å². The number of fused-ring (bicyclic) bond motifs is 4. The molecule has 418 valence electrons. The van der Waals surface area contributed by atoms with Crippen molar-refractivity contribution in [3.05, 3.63) is 48.6 Å². The molecule has 1 aliphatic carbocycles. The highest BCUT2D eigenvalue weighted by Crippen LogP contribution is 2.50. The molecule has 1 saturated carbocycles. The van der Waals surface area contributed by atoms with Crippen LogP contribution in [0.25, 0.3) is 0 Å². The normalized spacial score (nSPS) is 31.0. The molecule has 19 nitrogen and oxygen atoms in total. The molecule has 0 radical (unpaired) electrons. The zero-order chi connectivity index (χ0) is 53.4. The Morgan fingerprint density at radius 1 is 0.792 bits per heavy atom. The van der Waals surface area contributed by atoms with E-state index in [4.69, 9.17) is 23.0 Å². The molecular formula is C51H90O19P2. The second-order valence-electron chi connectivity index (χ2n) is 19.2. The van der Waals surface area contributed by atoms with Crippen LogP contribution < -0.4 is 0 Å². The molecule has 0 aromatic rings. The average molecular weight is 1070 g/mol. The second-order valence-corrected chi connectivity index (χ2v) is 21.8. The first-order valence-corrected chi connectivity index (χ1v) is 29.5. The quantitative estimate of drug-likeness (QED) is 0.0168. The van der Waals surface area contributed by atoms with Gasteiger partial charge in [0.05, 0.1) is 37.1 Å². The molecule has 1 aliphatic heterocycles. The minimum atomic E-state index is -5.77. The van der Waals surface area contributed by atoms with Gasteiger partial charge in [-0.1, -0.05) is 140 Å². The van der Waals surface area contributed by atoms with Gasteiger partial charge in [-0.3, -0.25) is 23.2 Å². The highest BCUT2D eigenvalue weighted by molar-refractivity contribution is 7.47. The number of hydrogen-bond donors (Lipinski definition) is 10. The summed E-state index contributed by atoms with van der Waals surface area (Å²) >= 11 is 0. The minimum Gasteiger partial charge on any atom is -0.462 e. The maximum Gasteiger partial charge on any atom is 0.472 e. The number of aliphatic hydroxyl groups excluding tert-OH is 7. The van der Waals surface area contributed by atoms with E-state index in [2.05, 4.69) is 31.2 Å². The SMILES string of the molecule is CCCCC/C=C\C/C=C\CCCCCCCCCCCC(=O)O[C@@H]1COC(=O)CCC/C=C/C[C@@H]2[C@@H](O)[C@H](O)[C@@H](O)[C@H](OP(=O)(O)OC1)[C@H](OP(=O)(O)O)[C@H](O)[C@@H](/C=C/[C@@H](O)CCCCC)[C@H](O)C[C@@H]2O. The van der Waals surface area contributed by atoms with E-state index in [1.165, 1.54) is 37.8 Å². The van der Waals surface area contributed by atoms with Crippen molar-refractivity contribution in [2.24, 2.45) is 11.8 Å². The van der Waals surface area contributed by atoms with Crippen molar-refractivity contribution < 1.29 is 92.2 Å². The molecule has 1 fully saturated rings. The summed E-state index contributed by atoms with van der Waals surface area (Å²) in [5.74, 6) is -4.53. The first-order chi connectivity index (χ1) is 34.3. The van der Waals surface area contributed by atoms with Gasteiger partial charge >= 0.3 is 27.6 Å². The number of carbonyl (C=O) groups excluding carboxylic acids is 2. The Bertz CT molecular complexity index is 1690. The van der Waals surface area contributed by atoms with Crippen molar-refractivity contribution in [1.29, 1.82) is 0 Å². The molecule has 0 saturated heterocycles. The van der Waals surface area contributed by atoms with Crippen LogP contribution in [0.5, 0.6) is 0 Å². The molecule has 2 aliphatic rings. The van der Waals surface area contributed by atoms with Gasteiger partial charge < -0.3 is 59.9 Å². The summed E-state index contributed by atoms with van der Waals surface area (Å²) in [6, 6.07) is 0. The molecule has 0 spiro atoms. The number of phosphoric acid groups is 2. The number of esters is 2. The number of allylic oxidation sites excluding steroid dienone is 6. The Morgan fingerprint density at radius 2 is 1.40 bits per heavy atom. The third-order valence-electron chi connectivity index (χ3n) is 12.9. The van der Waals surface area contributed by atoms with Crippen molar-refractivity contribution in [3.63, 3.8) is 0 Å². The van der Waals surface area contributed by atoms with E-state index in [9.17, 15) is 69.1 Å². The third kappa shape index (κ3) is 28.7. The smallest absolute Gasteiger partial charge is 0.462 e. The molecule has 0 aromatic carbocycles. The summed E-state index contributed by atoms with van der Waals surface area (Å²) in [4.78, 5) is 56.9. The van der Waals surface area contributed by atoms with Crippen molar-refractivity contribution in [2.75, 3.05) is 13.2 Å². The molecule has 1 unspecified atom stereocenters. The first kappa shape index (κ1) is 66.0. The van der Waals surface area contributed by atoms with E-state index < -0.39 is 120 Å². The average Bonchev–Trinajstić information content (AvgIpc) is 3.32. The van der Waals surface area contributed by atoms with Gasteiger partial charge in [0.1, 0.15) is 31.0 Å². The number of cyclic esters (lactones) is 1. The van der Waals surface area contributed by atoms with Crippen LogP contribution >= 0.6 is 15.6 Å². The van der Waals surface area contributed by atoms with Crippen LogP contribution in [0, 0.1) is 11.8 Å². The molecule has 72 heavy (non-hydrogen) atoms. The topological polar surface area (TPSA) is 317 Å². The van der Waals surface area contributed by atoms with Gasteiger partial charge in [0.2, 0.25) is 0 Å². The second kappa shape index (κ2) is 37.6. The molecule has 13 atom stereocenters. The number of unbranched alkanes of at least 4 members (excludes halogenated alkanes) is 14. The third-order valence-corrected chi connectivity index (χ3v) is 14.4. The van der Waals surface area contributed by atoms with Crippen LogP contribution in [0.15, 0.2) is 48.6 Å². The zero-order valence-electron chi connectivity index (χ0n) is 42.7. The lowest BCUT2D eigenvalue weighted by Gasteiger charge is -2.38. The van der Waals surface area contributed by atoms with Crippen LogP contribution in [0.1, 0.15) is 174 Å². The van der Waals surface area contributed by atoms with Crippen LogP contribution in [0.3, 0.4) is 0 Å². The molecule has 21 heteroatoms. The van der Waals surface area contributed by atoms with Gasteiger partial charge in [-0.15, -0.1) is 0 Å². The fourth-order valence-electron chi connectivity index (χ4n) is 8.69. The maximum absolute atomic E-state index is 13.8. The molecule has 2 rings (SSSR count). The van der Waals surface area contributed by atoms with E-state index in [-0.39, 0.29) is 32.1 Å². The van der Waals surface area contributed by atoms with Crippen molar-refractivity contribution in [1.82, 2.24) is 0 Å². The Morgan fingerprint density at radius 3 is 2.04 bits per heavy atom. The predicted octanol–water partition coefficient (Wildman–Crippen LogP) is 7.22. The van der Waals surface area contributed by atoms with Crippen LogP contribution in [-0.4, -0.2) is 137 Å². The standard InChI is InChI=1S/C51H90O19P2/c1-3-5-7-8-9-10-11-12-13-14-15-16-17-18-19-20-21-22-28-32-45(56)68-39-36-66-44(55)31-27-24-23-26-30-40-42(53)35-43(54)41(34-33-38(52)29-25-6-4-2)47(58)50(69-71(61,62)63)51(49(60)48(59)46(40)57)70-72(64,65)67-37-39/h9-10,12-13,23,26,33-34,38-43,46-54,57-60H,3-8,11,14-22,24-25,27-32,35-37H2,1-2H3,(H,64,65)(H2,61,62,63)/b10-9-,13-12-,26-23+,34-33+/t38-,39+,40-,41-,42-,43+,46+,47+,48-,49+,50+,51-/m0/s1. The van der Waals surface area contributed by atoms with E-state index in [0.29, 0.717) is 19.3 Å². The van der Waals surface area contributed by atoms with Gasteiger partial charge in [0, 0.05) is 31.1 Å². The molecule has 10 N–H and O–H groups in total. The fourth-order valence-corrected chi connectivity index (χ4v) is 10.2. The lowest BCUT2D eigenvalue weighted by atomic mass is 9.83. The van der Waals surface area contributed by atoms with E-state index in [0.717, 1.165) is 83.1 Å².